The third-order valence-electron chi connectivity index (χ3n) is 3.55. The molecule has 0 saturated heterocycles. The Bertz CT molecular complexity index is 622. The Kier molecular flexibility index (Phi) is 3.28. The summed E-state index contributed by atoms with van der Waals surface area (Å²) >= 11 is 0. The number of rotatable bonds is 3. The summed E-state index contributed by atoms with van der Waals surface area (Å²) in [5.74, 6) is 1.45. The van der Waals surface area contributed by atoms with E-state index in [9.17, 15) is 4.79 Å². The van der Waals surface area contributed by atoms with Gasteiger partial charge in [0.25, 0.3) is 5.56 Å². The van der Waals surface area contributed by atoms with Crippen molar-refractivity contribution in [2.24, 2.45) is 0 Å². The Morgan fingerprint density at radius 1 is 1.39 bits per heavy atom. The van der Waals surface area contributed by atoms with Gasteiger partial charge in [0, 0.05) is 11.5 Å². The third kappa shape index (κ3) is 1.96. The molecule has 2 rings (SSSR count). The molecule has 0 fully saturated rings. The van der Waals surface area contributed by atoms with Crippen LogP contribution < -0.4 is 5.56 Å². The molecular formula is C14H21N3O. The van der Waals surface area contributed by atoms with E-state index in [4.69, 9.17) is 0 Å². The molecule has 0 bridgehead atoms. The van der Waals surface area contributed by atoms with Gasteiger partial charge in [-0.2, -0.15) is 4.52 Å². The van der Waals surface area contributed by atoms with Crippen LogP contribution in [0.5, 0.6) is 0 Å². The van der Waals surface area contributed by atoms with Gasteiger partial charge in [-0.15, -0.1) is 0 Å². The molecule has 0 spiro atoms. The largest absolute Gasteiger partial charge is 0.276 e. The molecule has 2 aromatic rings. The highest BCUT2D eigenvalue weighted by Gasteiger charge is 2.15. The van der Waals surface area contributed by atoms with Crippen molar-refractivity contribution in [3.05, 3.63) is 33.4 Å². The zero-order chi connectivity index (χ0) is 13.4. The van der Waals surface area contributed by atoms with Crippen LogP contribution in [0.4, 0.5) is 0 Å². The van der Waals surface area contributed by atoms with E-state index in [1.807, 2.05) is 26.8 Å². The highest BCUT2D eigenvalue weighted by Crippen LogP contribution is 2.18. The average Bonchev–Trinajstić information content (AvgIpc) is 2.71. The van der Waals surface area contributed by atoms with Crippen molar-refractivity contribution in [1.29, 1.82) is 0 Å². The second-order valence-corrected chi connectivity index (χ2v) is 5.31. The number of aromatic amines is 1. The maximum Gasteiger partial charge on any atom is 0.274 e. The molecular weight excluding hydrogens is 226 g/mol. The molecule has 0 aliphatic carbocycles. The molecule has 4 nitrogen and oxygen atoms in total. The van der Waals surface area contributed by atoms with Crippen LogP contribution in [0.3, 0.4) is 0 Å². The topological polar surface area (TPSA) is 50.2 Å². The zero-order valence-electron chi connectivity index (χ0n) is 11.7. The Morgan fingerprint density at radius 3 is 2.61 bits per heavy atom. The van der Waals surface area contributed by atoms with Crippen LogP contribution in [0.1, 0.15) is 62.9 Å². The van der Waals surface area contributed by atoms with E-state index in [0.717, 1.165) is 29.0 Å². The van der Waals surface area contributed by atoms with E-state index < -0.39 is 0 Å². The lowest BCUT2D eigenvalue weighted by molar-refractivity contribution is 0.672. The second kappa shape index (κ2) is 4.59. The van der Waals surface area contributed by atoms with Crippen LogP contribution in [0.15, 0.2) is 10.9 Å². The monoisotopic (exact) mass is 247 g/mol. The molecule has 0 radical (unpaired) electrons. The first-order valence-electron chi connectivity index (χ1n) is 6.57. The number of aryl methyl sites for hydroxylation is 1. The Morgan fingerprint density at radius 2 is 2.06 bits per heavy atom. The van der Waals surface area contributed by atoms with Gasteiger partial charge in [-0.3, -0.25) is 9.89 Å². The van der Waals surface area contributed by atoms with Crippen LogP contribution in [-0.4, -0.2) is 14.6 Å². The maximum absolute atomic E-state index is 12.4. The minimum absolute atomic E-state index is 0.0297. The van der Waals surface area contributed by atoms with Crippen molar-refractivity contribution in [1.82, 2.24) is 14.6 Å². The first-order valence-corrected chi connectivity index (χ1v) is 6.57. The predicted octanol–water partition coefficient (Wildman–Crippen LogP) is 2.97. The summed E-state index contributed by atoms with van der Waals surface area (Å²) in [6.45, 7) is 10.3. The van der Waals surface area contributed by atoms with Crippen LogP contribution >= 0.6 is 0 Å². The molecule has 0 saturated carbocycles. The average molecular weight is 247 g/mol. The number of nitrogens with one attached hydrogen (secondary N) is 1. The molecule has 0 aliphatic heterocycles. The smallest absolute Gasteiger partial charge is 0.274 e. The minimum atomic E-state index is 0.0297. The molecule has 18 heavy (non-hydrogen) atoms. The predicted molar refractivity (Wildman–Crippen MR) is 73.3 cm³/mol. The first-order chi connectivity index (χ1) is 8.45. The summed E-state index contributed by atoms with van der Waals surface area (Å²) < 4.78 is 1.57. The summed E-state index contributed by atoms with van der Waals surface area (Å²) in [5.41, 5.74) is 2.64. The quantitative estimate of drug-likeness (QED) is 0.906. The Hall–Kier alpha value is -1.58. The van der Waals surface area contributed by atoms with Gasteiger partial charge in [-0.05, 0) is 30.9 Å². The van der Waals surface area contributed by atoms with E-state index in [1.165, 1.54) is 0 Å². The SMILES string of the molecule is CCC(C)c1nc2cc(C)c(C(C)C)c(=O)n2[nH]1. The van der Waals surface area contributed by atoms with Crippen molar-refractivity contribution < 1.29 is 0 Å². The fourth-order valence-corrected chi connectivity index (χ4v) is 2.30. The number of nitrogens with zero attached hydrogens (tertiary/aromatic N) is 2. The Labute approximate surface area is 107 Å². The number of pyridine rings is 1. The minimum Gasteiger partial charge on any atom is -0.276 e. The third-order valence-corrected chi connectivity index (χ3v) is 3.55. The molecule has 1 N–H and O–H groups in total. The van der Waals surface area contributed by atoms with Gasteiger partial charge in [0.1, 0.15) is 5.82 Å². The molecule has 0 aliphatic rings. The maximum atomic E-state index is 12.4. The van der Waals surface area contributed by atoms with Gasteiger partial charge >= 0.3 is 0 Å². The summed E-state index contributed by atoms with van der Waals surface area (Å²) in [5, 5.41) is 3.13. The number of H-pyrrole nitrogens is 1. The molecule has 0 aromatic carbocycles. The van der Waals surface area contributed by atoms with Crippen LogP contribution in [-0.2, 0) is 0 Å². The fourth-order valence-electron chi connectivity index (χ4n) is 2.30. The van der Waals surface area contributed by atoms with Crippen molar-refractivity contribution in [2.45, 2.75) is 52.9 Å². The fraction of sp³-hybridized carbons (Fsp3) is 0.571. The van der Waals surface area contributed by atoms with E-state index in [0.29, 0.717) is 5.92 Å². The summed E-state index contributed by atoms with van der Waals surface area (Å²) in [6, 6.07) is 1.99. The lowest BCUT2D eigenvalue weighted by Gasteiger charge is -2.08. The van der Waals surface area contributed by atoms with Crippen molar-refractivity contribution in [3.63, 3.8) is 0 Å². The van der Waals surface area contributed by atoms with Gasteiger partial charge in [0.15, 0.2) is 5.65 Å². The number of fused-ring (bicyclic) bond motifs is 1. The van der Waals surface area contributed by atoms with Crippen molar-refractivity contribution in [2.75, 3.05) is 0 Å². The lowest BCUT2D eigenvalue weighted by Crippen LogP contribution is -2.21. The van der Waals surface area contributed by atoms with Gasteiger partial charge in [-0.1, -0.05) is 27.7 Å². The van der Waals surface area contributed by atoms with Crippen LogP contribution in [0.2, 0.25) is 0 Å². The van der Waals surface area contributed by atoms with Crippen molar-refractivity contribution in [3.8, 4) is 0 Å². The van der Waals surface area contributed by atoms with E-state index in [2.05, 4.69) is 23.9 Å². The molecule has 2 heterocycles. The second-order valence-electron chi connectivity index (χ2n) is 5.31. The standard InChI is InChI=1S/C14H21N3O/c1-6-9(4)13-15-11-7-10(5)12(8(2)3)14(18)17(11)16-13/h7-9H,6H2,1-5H3,(H,15,16). The van der Waals surface area contributed by atoms with E-state index >= 15 is 0 Å². The van der Waals surface area contributed by atoms with Gasteiger partial charge in [-0.25, -0.2) is 4.98 Å². The number of hydrogen-bond acceptors (Lipinski definition) is 2. The van der Waals surface area contributed by atoms with E-state index in [1.54, 1.807) is 4.52 Å². The lowest BCUT2D eigenvalue weighted by atomic mass is 10.0. The first kappa shape index (κ1) is 12.9. The molecule has 98 valence electrons. The molecule has 1 atom stereocenters. The van der Waals surface area contributed by atoms with E-state index in [-0.39, 0.29) is 11.5 Å². The normalized spacial score (nSPS) is 13.4. The zero-order valence-corrected chi connectivity index (χ0v) is 11.7. The van der Waals surface area contributed by atoms with Crippen LogP contribution in [0.25, 0.3) is 5.65 Å². The van der Waals surface area contributed by atoms with Gasteiger partial charge in [0.05, 0.1) is 0 Å². The van der Waals surface area contributed by atoms with Gasteiger partial charge in [0.2, 0.25) is 0 Å². The highest BCUT2D eigenvalue weighted by atomic mass is 16.1. The highest BCUT2D eigenvalue weighted by molar-refractivity contribution is 5.44. The molecule has 4 heteroatoms. The van der Waals surface area contributed by atoms with Crippen molar-refractivity contribution >= 4 is 5.65 Å². The summed E-state index contributed by atoms with van der Waals surface area (Å²) in [4.78, 5) is 16.9. The summed E-state index contributed by atoms with van der Waals surface area (Å²) in [6.07, 6.45) is 1.00. The summed E-state index contributed by atoms with van der Waals surface area (Å²) in [7, 11) is 0. The van der Waals surface area contributed by atoms with Gasteiger partial charge < -0.3 is 0 Å². The van der Waals surface area contributed by atoms with Crippen LogP contribution in [0, 0.1) is 6.92 Å². The molecule has 0 amide bonds. The number of hydrogen-bond donors (Lipinski definition) is 1. The molecule has 1 unspecified atom stereocenters. The molecule has 2 aromatic heterocycles. The number of aromatic nitrogens is 3. The Balaban J connectivity index is 2.71.